The summed E-state index contributed by atoms with van der Waals surface area (Å²) in [6.07, 6.45) is 0. The van der Waals surface area contributed by atoms with Crippen LogP contribution in [0.1, 0.15) is 26.3 Å². The average Bonchev–Trinajstić information content (AvgIpc) is 2.45. The minimum absolute atomic E-state index is 0.0314. The molecule has 0 aliphatic rings. The minimum atomic E-state index is -0.0314. The van der Waals surface area contributed by atoms with Crippen LogP contribution in [-0.4, -0.2) is 10.7 Å². The zero-order chi connectivity index (χ0) is 16.0. The van der Waals surface area contributed by atoms with Crippen LogP contribution in [0.15, 0.2) is 59.5 Å². The van der Waals surface area contributed by atoms with Gasteiger partial charge in [0.05, 0.1) is 0 Å². The van der Waals surface area contributed by atoms with Gasteiger partial charge in [-0.05, 0) is 62.8 Å². The largest absolute Gasteiger partial charge is 0.358 e. The number of anilines is 1. The summed E-state index contributed by atoms with van der Waals surface area (Å²) in [6, 6.07) is 18.9. The number of thioether (sulfide) groups is 1. The molecule has 22 heavy (non-hydrogen) atoms. The third-order valence-electron chi connectivity index (χ3n) is 2.85. The average molecular weight is 331 g/mol. The van der Waals surface area contributed by atoms with Gasteiger partial charge in [-0.2, -0.15) is 0 Å². The molecule has 0 amide bonds. The fourth-order valence-corrected chi connectivity index (χ4v) is 3.17. The Kier molecular flexibility index (Phi) is 5.86. The molecule has 0 radical (unpaired) electrons. The number of thiocarbonyl (C=S) groups is 1. The molecule has 0 fully saturated rings. The second-order valence-corrected chi connectivity index (χ2v) is 7.58. The van der Waals surface area contributed by atoms with Crippen molar-refractivity contribution in [3.05, 3.63) is 60.2 Å². The molecule has 0 spiro atoms. The molecule has 2 rings (SSSR count). The molecule has 0 aromatic heterocycles. The summed E-state index contributed by atoms with van der Waals surface area (Å²) < 4.78 is 0. The van der Waals surface area contributed by atoms with Crippen LogP contribution in [0, 0.1) is 0 Å². The van der Waals surface area contributed by atoms with Gasteiger partial charge in [0.25, 0.3) is 0 Å². The van der Waals surface area contributed by atoms with E-state index in [9.17, 15) is 0 Å². The Morgan fingerprint density at radius 2 is 1.64 bits per heavy atom. The van der Waals surface area contributed by atoms with E-state index in [2.05, 4.69) is 79.9 Å². The van der Waals surface area contributed by atoms with E-state index >= 15 is 0 Å². The summed E-state index contributed by atoms with van der Waals surface area (Å²) in [7, 11) is 0. The van der Waals surface area contributed by atoms with Gasteiger partial charge in [0.1, 0.15) is 0 Å². The first-order chi connectivity index (χ1) is 10.4. The summed E-state index contributed by atoms with van der Waals surface area (Å²) in [4.78, 5) is 1.29. The maximum atomic E-state index is 5.31. The van der Waals surface area contributed by atoms with Gasteiger partial charge in [-0.15, -0.1) is 11.8 Å². The van der Waals surface area contributed by atoms with E-state index in [1.165, 1.54) is 10.5 Å². The van der Waals surface area contributed by atoms with E-state index in [1.807, 2.05) is 17.8 Å². The molecule has 0 atom stereocenters. The number of hydrogen-bond donors (Lipinski definition) is 2. The van der Waals surface area contributed by atoms with Crippen molar-refractivity contribution >= 4 is 34.8 Å². The highest BCUT2D eigenvalue weighted by Crippen LogP contribution is 2.23. The molecule has 0 aliphatic heterocycles. The first kappa shape index (κ1) is 16.8. The summed E-state index contributed by atoms with van der Waals surface area (Å²) >= 11 is 7.15. The molecule has 0 saturated heterocycles. The maximum Gasteiger partial charge on any atom is 0.171 e. The predicted molar refractivity (Wildman–Crippen MR) is 102 cm³/mol. The summed E-state index contributed by atoms with van der Waals surface area (Å²) in [6.45, 7) is 6.26. The van der Waals surface area contributed by atoms with Crippen molar-refractivity contribution in [1.82, 2.24) is 5.32 Å². The number of rotatable bonds is 4. The molecule has 4 heteroatoms. The van der Waals surface area contributed by atoms with Gasteiger partial charge in [-0.3, -0.25) is 0 Å². The fraction of sp³-hybridized carbons (Fsp3) is 0.278. The van der Waals surface area contributed by atoms with Crippen LogP contribution in [0.4, 0.5) is 5.69 Å². The van der Waals surface area contributed by atoms with Crippen LogP contribution >= 0.6 is 24.0 Å². The summed E-state index contributed by atoms with van der Waals surface area (Å²) in [5.74, 6) is 0.967. The van der Waals surface area contributed by atoms with E-state index < -0.39 is 0 Å². The summed E-state index contributed by atoms with van der Waals surface area (Å²) in [5.41, 5.74) is 2.28. The lowest BCUT2D eigenvalue weighted by molar-refractivity contribution is 0.515. The van der Waals surface area contributed by atoms with Crippen molar-refractivity contribution in [2.75, 3.05) is 5.32 Å². The highest BCUT2D eigenvalue weighted by molar-refractivity contribution is 7.98. The number of benzene rings is 2. The fourth-order valence-electron chi connectivity index (χ4n) is 1.87. The second kappa shape index (κ2) is 7.65. The molecule has 0 aliphatic carbocycles. The molecule has 0 heterocycles. The zero-order valence-corrected chi connectivity index (χ0v) is 14.9. The Bertz CT molecular complexity index is 601. The molecule has 2 aromatic rings. The molecule has 0 saturated carbocycles. The van der Waals surface area contributed by atoms with E-state index in [0.29, 0.717) is 5.11 Å². The minimum Gasteiger partial charge on any atom is -0.358 e. The van der Waals surface area contributed by atoms with E-state index in [4.69, 9.17) is 12.2 Å². The molecule has 2 N–H and O–H groups in total. The van der Waals surface area contributed by atoms with Gasteiger partial charge in [0, 0.05) is 21.9 Å². The van der Waals surface area contributed by atoms with E-state index in [-0.39, 0.29) is 5.54 Å². The lowest BCUT2D eigenvalue weighted by Gasteiger charge is -2.23. The topological polar surface area (TPSA) is 24.1 Å². The SMILES string of the molecule is CC(C)(C)NC(=S)Nc1ccc(CSc2ccccc2)cc1. The van der Waals surface area contributed by atoms with Crippen LogP contribution in [0.25, 0.3) is 0 Å². The van der Waals surface area contributed by atoms with Crippen LogP contribution in [0.5, 0.6) is 0 Å². The lowest BCUT2D eigenvalue weighted by atomic mass is 10.1. The van der Waals surface area contributed by atoms with E-state index in [0.717, 1.165) is 11.4 Å². The Hall–Kier alpha value is -1.52. The Labute approximate surface area is 142 Å². The van der Waals surface area contributed by atoms with Crippen molar-refractivity contribution in [3.8, 4) is 0 Å². The van der Waals surface area contributed by atoms with Crippen LogP contribution in [-0.2, 0) is 5.75 Å². The van der Waals surface area contributed by atoms with Gasteiger partial charge >= 0.3 is 0 Å². The Morgan fingerprint density at radius 3 is 2.23 bits per heavy atom. The number of nitrogens with one attached hydrogen (secondary N) is 2. The van der Waals surface area contributed by atoms with Gasteiger partial charge < -0.3 is 10.6 Å². The summed E-state index contributed by atoms with van der Waals surface area (Å²) in [5, 5.41) is 7.11. The highest BCUT2D eigenvalue weighted by atomic mass is 32.2. The second-order valence-electron chi connectivity index (χ2n) is 6.13. The molecule has 2 nitrogen and oxygen atoms in total. The van der Waals surface area contributed by atoms with Crippen molar-refractivity contribution in [1.29, 1.82) is 0 Å². The van der Waals surface area contributed by atoms with Crippen molar-refractivity contribution in [3.63, 3.8) is 0 Å². The van der Waals surface area contributed by atoms with Gasteiger partial charge in [0.2, 0.25) is 0 Å². The first-order valence-corrected chi connectivity index (χ1v) is 8.68. The third kappa shape index (κ3) is 6.08. The zero-order valence-electron chi connectivity index (χ0n) is 13.2. The smallest absolute Gasteiger partial charge is 0.171 e. The molecular formula is C18H22N2S2. The monoisotopic (exact) mass is 330 g/mol. The maximum absolute atomic E-state index is 5.31. The van der Waals surface area contributed by atoms with Crippen LogP contribution in [0.3, 0.4) is 0 Å². The molecule has 2 aromatic carbocycles. The third-order valence-corrected chi connectivity index (χ3v) is 4.14. The van der Waals surface area contributed by atoms with Crippen molar-refractivity contribution < 1.29 is 0 Å². The molecule has 0 unspecified atom stereocenters. The number of hydrogen-bond acceptors (Lipinski definition) is 2. The first-order valence-electron chi connectivity index (χ1n) is 7.28. The van der Waals surface area contributed by atoms with Gasteiger partial charge in [0.15, 0.2) is 5.11 Å². The Morgan fingerprint density at radius 1 is 1.00 bits per heavy atom. The van der Waals surface area contributed by atoms with Gasteiger partial charge in [-0.25, -0.2) is 0 Å². The normalized spacial score (nSPS) is 11.0. The Balaban J connectivity index is 1.86. The van der Waals surface area contributed by atoms with E-state index in [1.54, 1.807) is 0 Å². The van der Waals surface area contributed by atoms with Crippen LogP contribution in [0.2, 0.25) is 0 Å². The van der Waals surface area contributed by atoms with Gasteiger partial charge in [-0.1, -0.05) is 30.3 Å². The standard InChI is InChI=1S/C18H22N2S2/c1-18(2,3)20-17(21)19-15-11-9-14(10-12-15)13-22-16-7-5-4-6-8-16/h4-12H,13H2,1-3H3,(H2,19,20,21). The quantitative estimate of drug-likeness (QED) is 0.604. The molecular weight excluding hydrogens is 308 g/mol. The molecule has 0 bridgehead atoms. The van der Waals surface area contributed by atoms with Crippen LogP contribution < -0.4 is 10.6 Å². The predicted octanol–water partition coefficient (Wildman–Crippen LogP) is 5.06. The van der Waals surface area contributed by atoms with Crippen molar-refractivity contribution in [2.45, 2.75) is 37.0 Å². The van der Waals surface area contributed by atoms with Crippen molar-refractivity contribution in [2.24, 2.45) is 0 Å². The molecule has 116 valence electrons. The lowest BCUT2D eigenvalue weighted by Crippen LogP contribution is -2.42. The highest BCUT2D eigenvalue weighted by Gasteiger charge is 2.10.